The predicted molar refractivity (Wildman–Crippen MR) is 82.6 cm³/mol. The molecule has 2 rings (SSSR count). The van der Waals surface area contributed by atoms with Crippen LogP contribution in [0.5, 0.6) is 5.75 Å². The lowest BCUT2D eigenvalue weighted by molar-refractivity contribution is 0.0841. The van der Waals surface area contributed by atoms with Crippen molar-refractivity contribution >= 4 is 26.9 Å². The molecule has 3 atom stereocenters. The highest BCUT2D eigenvalue weighted by molar-refractivity contribution is 9.10. The van der Waals surface area contributed by atoms with Gasteiger partial charge in [0.1, 0.15) is 17.7 Å². The van der Waals surface area contributed by atoms with Gasteiger partial charge < -0.3 is 4.74 Å². The molecule has 1 fully saturated rings. The van der Waals surface area contributed by atoms with Crippen LogP contribution >= 0.6 is 15.9 Å². The Morgan fingerprint density at radius 1 is 1.40 bits per heavy atom. The molecule has 0 spiro atoms. The van der Waals surface area contributed by atoms with E-state index < -0.39 is 11.0 Å². The molecule has 0 radical (unpaired) electrons. The van der Waals surface area contributed by atoms with Crippen LogP contribution in [0.15, 0.2) is 22.7 Å². The Balaban J connectivity index is 1.98. The average molecular weight is 364 g/mol. The normalized spacial score (nSPS) is 24.1. The van der Waals surface area contributed by atoms with E-state index in [1.807, 2.05) is 20.8 Å². The molecule has 0 aliphatic heterocycles. The van der Waals surface area contributed by atoms with E-state index in [4.69, 9.17) is 4.74 Å². The second-order valence-electron chi connectivity index (χ2n) is 5.89. The van der Waals surface area contributed by atoms with Crippen LogP contribution in [-0.4, -0.2) is 21.1 Å². The van der Waals surface area contributed by atoms with Crippen molar-refractivity contribution in [3.05, 3.63) is 28.5 Å². The van der Waals surface area contributed by atoms with Crippen LogP contribution in [0, 0.1) is 5.82 Å². The van der Waals surface area contributed by atoms with Gasteiger partial charge in [0.05, 0.1) is 26.2 Å². The van der Waals surface area contributed by atoms with Crippen LogP contribution < -0.4 is 9.46 Å². The zero-order valence-corrected chi connectivity index (χ0v) is 14.2. The first-order valence-electron chi connectivity index (χ1n) is 6.58. The van der Waals surface area contributed by atoms with Crippen molar-refractivity contribution in [3.8, 4) is 5.75 Å². The molecule has 0 amide bonds. The van der Waals surface area contributed by atoms with Gasteiger partial charge in [-0.1, -0.05) is 6.07 Å². The Bertz CT molecular complexity index is 518. The summed E-state index contributed by atoms with van der Waals surface area (Å²) in [5, 5.41) is 0. The molecular formula is C14H19BrFNO2S. The van der Waals surface area contributed by atoms with Crippen molar-refractivity contribution in [1.29, 1.82) is 0 Å². The maximum absolute atomic E-state index is 13.4. The zero-order valence-electron chi connectivity index (χ0n) is 11.8. The summed E-state index contributed by atoms with van der Waals surface area (Å²) < 4.78 is 34.4. The van der Waals surface area contributed by atoms with Gasteiger partial charge in [0, 0.05) is 0 Å². The number of hydrogen-bond donors (Lipinski definition) is 1. The van der Waals surface area contributed by atoms with E-state index >= 15 is 0 Å². The van der Waals surface area contributed by atoms with Crippen molar-refractivity contribution < 1.29 is 13.3 Å². The van der Waals surface area contributed by atoms with Gasteiger partial charge in [-0.3, -0.25) is 0 Å². The second-order valence-corrected chi connectivity index (χ2v) is 8.68. The summed E-state index contributed by atoms with van der Waals surface area (Å²) in [6, 6.07) is 4.76. The average Bonchev–Trinajstić information content (AvgIpc) is 2.34. The van der Waals surface area contributed by atoms with Crippen LogP contribution in [0.25, 0.3) is 0 Å². The minimum atomic E-state index is -1.12. The fraction of sp³-hybridized carbons (Fsp3) is 0.571. The Hall–Kier alpha value is -0.460. The van der Waals surface area contributed by atoms with E-state index in [0.29, 0.717) is 10.2 Å². The van der Waals surface area contributed by atoms with E-state index in [-0.39, 0.29) is 22.7 Å². The lowest BCUT2D eigenvalue weighted by Crippen LogP contribution is -2.53. The van der Waals surface area contributed by atoms with Crippen molar-refractivity contribution in [3.63, 3.8) is 0 Å². The number of benzene rings is 1. The summed E-state index contributed by atoms with van der Waals surface area (Å²) in [5.41, 5.74) is 0. The minimum absolute atomic E-state index is 0.0465. The van der Waals surface area contributed by atoms with Crippen molar-refractivity contribution in [1.82, 2.24) is 4.72 Å². The maximum atomic E-state index is 13.4. The molecule has 1 aliphatic carbocycles. The predicted octanol–water partition coefficient (Wildman–Crippen LogP) is 3.55. The molecular weight excluding hydrogens is 345 g/mol. The molecule has 1 N–H and O–H groups in total. The van der Waals surface area contributed by atoms with E-state index in [2.05, 4.69) is 20.7 Å². The molecule has 20 heavy (non-hydrogen) atoms. The van der Waals surface area contributed by atoms with Crippen LogP contribution in [-0.2, 0) is 11.0 Å². The van der Waals surface area contributed by atoms with Crippen LogP contribution in [0.2, 0.25) is 0 Å². The molecule has 0 saturated heterocycles. The van der Waals surface area contributed by atoms with Crippen molar-refractivity contribution in [2.75, 3.05) is 0 Å². The number of rotatable bonds is 4. The summed E-state index contributed by atoms with van der Waals surface area (Å²) in [4.78, 5) is 0. The van der Waals surface area contributed by atoms with E-state index in [1.165, 1.54) is 6.07 Å². The zero-order chi connectivity index (χ0) is 14.9. The molecule has 112 valence electrons. The number of halogens is 2. The molecule has 6 heteroatoms. The SMILES string of the molecule is CC(C)(C)S(=O)N[C@@H]1CC[C@@H]1Oc1cccc(F)c1Br. The molecule has 1 aliphatic rings. The molecule has 0 heterocycles. The third-order valence-corrected chi connectivity index (χ3v) is 5.62. The summed E-state index contributed by atoms with van der Waals surface area (Å²) in [6.45, 7) is 5.77. The second kappa shape index (κ2) is 6.12. The summed E-state index contributed by atoms with van der Waals surface area (Å²) in [5.74, 6) is 0.146. The van der Waals surface area contributed by atoms with Gasteiger partial charge in [0.15, 0.2) is 0 Å². The van der Waals surface area contributed by atoms with Crippen LogP contribution in [0.4, 0.5) is 4.39 Å². The van der Waals surface area contributed by atoms with Gasteiger partial charge in [-0.05, 0) is 61.7 Å². The first-order valence-corrected chi connectivity index (χ1v) is 8.52. The first kappa shape index (κ1) is 15.9. The van der Waals surface area contributed by atoms with Gasteiger partial charge in [-0.2, -0.15) is 0 Å². The Labute approximate surface area is 130 Å². The third-order valence-electron chi connectivity index (χ3n) is 3.22. The van der Waals surface area contributed by atoms with Gasteiger partial charge in [-0.15, -0.1) is 0 Å². The monoisotopic (exact) mass is 363 g/mol. The lowest BCUT2D eigenvalue weighted by Gasteiger charge is -2.38. The molecule has 3 nitrogen and oxygen atoms in total. The summed E-state index contributed by atoms with van der Waals surface area (Å²) >= 11 is 3.18. The smallest absolute Gasteiger partial charge is 0.141 e. The van der Waals surface area contributed by atoms with E-state index in [0.717, 1.165) is 12.8 Å². The Morgan fingerprint density at radius 3 is 2.65 bits per heavy atom. The van der Waals surface area contributed by atoms with Crippen molar-refractivity contribution in [2.24, 2.45) is 0 Å². The fourth-order valence-corrected chi connectivity index (χ4v) is 3.05. The number of hydrogen-bond acceptors (Lipinski definition) is 2. The van der Waals surface area contributed by atoms with Gasteiger partial charge in [-0.25, -0.2) is 13.3 Å². The molecule has 0 aromatic heterocycles. The van der Waals surface area contributed by atoms with Crippen LogP contribution in [0.1, 0.15) is 33.6 Å². The van der Waals surface area contributed by atoms with E-state index in [1.54, 1.807) is 12.1 Å². The minimum Gasteiger partial charge on any atom is -0.487 e. The van der Waals surface area contributed by atoms with Gasteiger partial charge in [0.25, 0.3) is 0 Å². The highest BCUT2D eigenvalue weighted by Gasteiger charge is 2.36. The summed E-state index contributed by atoms with van der Waals surface area (Å²) in [6.07, 6.45) is 1.72. The maximum Gasteiger partial charge on any atom is 0.141 e. The third kappa shape index (κ3) is 3.59. The van der Waals surface area contributed by atoms with Crippen LogP contribution in [0.3, 0.4) is 0 Å². The van der Waals surface area contributed by atoms with Gasteiger partial charge in [0.2, 0.25) is 0 Å². The topological polar surface area (TPSA) is 38.3 Å². The molecule has 1 unspecified atom stereocenters. The number of nitrogens with one attached hydrogen (secondary N) is 1. The first-order chi connectivity index (χ1) is 9.29. The summed E-state index contributed by atoms with van der Waals surface area (Å²) in [7, 11) is -1.12. The highest BCUT2D eigenvalue weighted by Crippen LogP contribution is 2.33. The molecule has 1 aromatic carbocycles. The molecule has 1 aromatic rings. The highest BCUT2D eigenvalue weighted by atomic mass is 79.9. The largest absolute Gasteiger partial charge is 0.487 e. The van der Waals surface area contributed by atoms with Gasteiger partial charge >= 0.3 is 0 Å². The Morgan fingerprint density at radius 2 is 2.10 bits per heavy atom. The van der Waals surface area contributed by atoms with E-state index in [9.17, 15) is 8.60 Å². The molecule has 1 saturated carbocycles. The Kier molecular flexibility index (Phi) is 4.87. The molecule has 0 bridgehead atoms. The lowest BCUT2D eigenvalue weighted by atomic mass is 9.90. The van der Waals surface area contributed by atoms with Crippen molar-refractivity contribution in [2.45, 2.75) is 50.5 Å². The quantitative estimate of drug-likeness (QED) is 0.888. The fourth-order valence-electron chi connectivity index (χ4n) is 1.80. The standard InChI is InChI=1S/C14H19BrFNO2S/c1-14(2,3)20(18)17-10-7-8-11(10)19-12-6-4-5-9(16)13(12)15/h4-6,10-11,17H,7-8H2,1-3H3/t10-,11+,20?/m1/s1. The number of ether oxygens (including phenoxy) is 1.